The van der Waals surface area contributed by atoms with Gasteiger partial charge in [0.1, 0.15) is 0 Å². The third kappa shape index (κ3) is 2.94. The van der Waals surface area contributed by atoms with E-state index in [1.54, 1.807) is 0 Å². The van der Waals surface area contributed by atoms with E-state index < -0.39 is 0 Å². The van der Waals surface area contributed by atoms with Crippen molar-refractivity contribution in [2.24, 2.45) is 5.92 Å². The smallest absolute Gasteiger partial charge is 0.0506 e. The Balaban J connectivity index is 1.54. The van der Waals surface area contributed by atoms with Gasteiger partial charge in [-0.1, -0.05) is 0 Å². The highest BCUT2D eigenvalue weighted by Gasteiger charge is 2.34. The third-order valence-electron chi connectivity index (χ3n) is 3.18. The van der Waals surface area contributed by atoms with Crippen molar-refractivity contribution < 1.29 is 9.84 Å². The van der Waals surface area contributed by atoms with Crippen LogP contribution in [0.25, 0.3) is 0 Å². The van der Waals surface area contributed by atoms with Crippen molar-refractivity contribution in [2.45, 2.75) is 31.7 Å². The molecule has 0 spiro atoms. The van der Waals surface area contributed by atoms with Gasteiger partial charge in [-0.15, -0.1) is 0 Å². The van der Waals surface area contributed by atoms with Crippen LogP contribution in [0.15, 0.2) is 0 Å². The minimum absolute atomic E-state index is 0.249. The second-order valence-corrected chi connectivity index (χ2v) is 4.53. The summed E-state index contributed by atoms with van der Waals surface area (Å²) in [6, 6.07) is 0.914. The van der Waals surface area contributed by atoms with Crippen LogP contribution in [0.5, 0.6) is 0 Å². The first-order chi connectivity index (χ1) is 6.90. The number of likely N-dealkylation sites (tertiary alicyclic amines) is 1. The maximum atomic E-state index is 8.59. The molecule has 3 nitrogen and oxygen atoms in total. The quantitative estimate of drug-likeness (QED) is 0.644. The first-order valence-electron chi connectivity index (χ1n) is 5.83. The molecule has 1 unspecified atom stereocenters. The Hall–Kier alpha value is -0.120. The fourth-order valence-electron chi connectivity index (χ4n) is 2.19. The molecule has 2 fully saturated rings. The first-order valence-corrected chi connectivity index (χ1v) is 5.83. The molecule has 2 aliphatic rings. The van der Waals surface area contributed by atoms with Crippen LogP contribution in [-0.2, 0) is 4.74 Å². The highest BCUT2D eigenvalue weighted by Crippen LogP contribution is 2.31. The molecule has 1 aliphatic heterocycles. The van der Waals surface area contributed by atoms with Gasteiger partial charge in [-0.3, -0.25) is 0 Å². The normalized spacial score (nSPS) is 28.5. The van der Waals surface area contributed by atoms with Crippen molar-refractivity contribution in [3.8, 4) is 0 Å². The summed E-state index contributed by atoms with van der Waals surface area (Å²) in [5.41, 5.74) is 0. The zero-order chi connectivity index (χ0) is 9.80. The van der Waals surface area contributed by atoms with Gasteiger partial charge in [-0.25, -0.2) is 0 Å². The molecular formula is C11H21NO2. The topological polar surface area (TPSA) is 32.7 Å². The number of aliphatic hydroxyl groups excluding tert-OH is 1. The Morgan fingerprint density at radius 2 is 2.14 bits per heavy atom. The number of aliphatic hydroxyl groups is 1. The lowest BCUT2D eigenvalue weighted by molar-refractivity contribution is 0.0879. The van der Waals surface area contributed by atoms with E-state index in [-0.39, 0.29) is 6.61 Å². The minimum Gasteiger partial charge on any atom is -0.396 e. The molecule has 1 saturated carbocycles. The minimum atomic E-state index is 0.249. The molecule has 1 heterocycles. The van der Waals surface area contributed by atoms with Gasteiger partial charge in [0, 0.05) is 25.8 Å². The second-order valence-electron chi connectivity index (χ2n) is 4.53. The summed E-state index contributed by atoms with van der Waals surface area (Å²) in [5, 5.41) is 8.59. The molecule has 0 aromatic carbocycles. The summed E-state index contributed by atoms with van der Waals surface area (Å²) >= 11 is 0. The van der Waals surface area contributed by atoms with E-state index in [1.807, 2.05) is 0 Å². The molecule has 2 rings (SSSR count). The van der Waals surface area contributed by atoms with Crippen molar-refractivity contribution in [3.05, 3.63) is 0 Å². The van der Waals surface area contributed by atoms with Crippen LogP contribution in [0.3, 0.4) is 0 Å². The van der Waals surface area contributed by atoms with Crippen LogP contribution in [-0.4, -0.2) is 49.0 Å². The van der Waals surface area contributed by atoms with E-state index >= 15 is 0 Å². The monoisotopic (exact) mass is 199 g/mol. The van der Waals surface area contributed by atoms with Crippen molar-refractivity contribution >= 4 is 0 Å². The average molecular weight is 199 g/mol. The SMILES string of the molecule is OCCCOCC1CCN(C2CC2)C1. The van der Waals surface area contributed by atoms with Crippen LogP contribution in [0, 0.1) is 5.92 Å². The van der Waals surface area contributed by atoms with Crippen molar-refractivity contribution in [2.75, 3.05) is 32.9 Å². The molecule has 0 aromatic rings. The van der Waals surface area contributed by atoms with Gasteiger partial charge >= 0.3 is 0 Å². The van der Waals surface area contributed by atoms with E-state index in [0.29, 0.717) is 0 Å². The standard InChI is InChI=1S/C11H21NO2/c13-6-1-7-14-9-10-4-5-12(8-10)11-2-3-11/h10-11,13H,1-9H2. The summed E-state index contributed by atoms with van der Waals surface area (Å²) in [4.78, 5) is 2.61. The molecule has 1 aliphatic carbocycles. The average Bonchev–Trinajstić information content (AvgIpc) is 2.94. The summed E-state index contributed by atoms with van der Waals surface area (Å²) in [6.07, 6.45) is 4.91. The fourth-order valence-corrected chi connectivity index (χ4v) is 2.19. The molecule has 0 amide bonds. The summed E-state index contributed by atoms with van der Waals surface area (Å²) in [6.45, 7) is 4.38. The Morgan fingerprint density at radius 1 is 1.29 bits per heavy atom. The van der Waals surface area contributed by atoms with E-state index in [9.17, 15) is 0 Å². The zero-order valence-electron chi connectivity index (χ0n) is 8.82. The Bertz CT molecular complexity index is 171. The molecule has 1 saturated heterocycles. The van der Waals surface area contributed by atoms with Gasteiger partial charge in [-0.05, 0) is 38.1 Å². The second kappa shape index (κ2) is 5.10. The maximum absolute atomic E-state index is 8.59. The summed E-state index contributed by atoms with van der Waals surface area (Å²) < 4.78 is 5.52. The maximum Gasteiger partial charge on any atom is 0.0506 e. The summed E-state index contributed by atoms with van der Waals surface area (Å²) in [7, 11) is 0. The predicted octanol–water partition coefficient (Wildman–Crippen LogP) is 0.870. The molecule has 1 N–H and O–H groups in total. The third-order valence-corrected chi connectivity index (χ3v) is 3.18. The largest absolute Gasteiger partial charge is 0.396 e. The van der Waals surface area contributed by atoms with Gasteiger partial charge < -0.3 is 14.7 Å². The van der Waals surface area contributed by atoms with E-state index in [1.165, 1.54) is 32.4 Å². The lowest BCUT2D eigenvalue weighted by atomic mass is 10.1. The molecule has 3 heteroatoms. The Kier molecular flexibility index (Phi) is 3.79. The molecule has 1 atom stereocenters. The van der Waals surface area contributed by atoms with Gasteiger partial charge in [-0.2, -0.15) is 0 Å². The van der Waals surface area contributed by atoms with Crippen molar-refractivity contribution in [1.29, 1.82) is 0 Å². The molecule has 0 aromatic heterocycles. The van der Waals surface area contributed by atoms with Gasteiger partial charge in [0.25, 0.3) is 0 Å². The van der Waals surface area contributed by atoms with Gasteiger partial charge in [0.15, 0.2) is 0 Å². The molecule has 0 bridgehead atoms. The Morgan fingerprint density at radius 3 is 2.86 bits per heavy atom. The number of rotatable bonds is 6. The zero-order valence-corrected chi connectivity index (χ0v) is 8.82. The van der Waals surface area contributed by atoms with Crippen molar-refractivity contribution in [1.82, 2.24) is 4.90 Å². The van der Waals surface area contributed by atoms with Crippen LogP contribution >= 0.6 is 0 Å². The van der Waals surface area contributed by atoms with Crippen molar-refractivity contribution in [3.63, 3.8) is 0 Å². The first kappa shape index (κ1) is 10.4. The van der Waals surface area contributed by atoms with Crippen LogP contribution in [0.1, 0.15) is 25.7 Å². The van der Waals surface area contributed by atoms with Crippen LogP contribution in [0.2, 0.25) is 0 Å². The number of ether oxygens (including phenoxy) is 1. The number of hydrogen-bond donors (Lipinski definition) is 1. The molecule has 14 heavy (non-hydrogen) atoms. The van der Waals surface area contributed by atoms with Gasteiger partial charge in [0.2, 0.25) is 0 Å². The van der Waals surface area contributed by atoms with E-state index in [4.69, 9.17) is 9.84 Å². The van der Waals surface area contributed by atoms with E-state index in [0.717, 1.165) is 31.6 Å². The van der Waals surface area contributed by atoms with Crippen LogP contribution < -0.4 is 0 Å². The predicted molar refractivity (Wildman–Crippen MR) is 55.2 cm³/mol. The molecule has 82 valence electrons. The van der Waals surface area contributed by atoms with Gasteiger partial charge in [0.05, 0.1) is 6.61 Å². The lowest BCUT2D eigenvalue weighted by Gasteiger charge is -2.14. The highest BCUT2D eigenvalue weighted by atomic mass is 16.5. The number of hydrogen-bond acceptors (Lipinski definition) is 3. The highest BCUT2D eigenvalue weighted by molar-refractivity contribution is 4.89. The molecule has 0 radical (unpaired) electrons. The molecular weight excluding hydrogens is 178 g/mol. The number of nitrogens with zero attached hydrogens (tertiary/aromatic N) is 1. The van der Waals surface area contributed by atoms with E-state index in [2.05, 4.69) is 4.90 Å². The fraction of sp³-hybridized carbons (Fsp3) is 1.00. The Labute approximate surface area is 86.0 Å². The summed E-state index contributed by atoms with van der Waals surface area (Å²) in [5.74, 6) is 0.745. The lowest BCUT2D eigenvalue weighted by Crippen LogP contribution is -2.24. The van der Waals surface area contributed by atoms with Crippen LogP contribution in [0.4, 0.5) is 0 Å².